The normalized spacial score (nSPS) is 13.5. The quantitative estimate of drug-likeness (QED) is 0.824. The van der Waals surface area contributed by atoms with E-state index in [9.17, 15) is 0 Å². The first kappa shape index (κ1) is 16.0. The highest BCUT2D eigenvalue weighted by Crippen LogP contribution is 2.30. The van der Waals surface area contributed by atoms with Crippen molar-refractivity contribution in [3.05, 3.63) is 53.3 Å². The number of pyridine rings is 1. The predicted octanol–water partition coefficient (Wildman–Crippen LogP) is 4.11. The molecule has 0 atom stereocenters. The molecule has 1 fully saturated rings. The topological polar surface area (TPSA) is 37.4 Å². The third-order valence-electron chi connectivity index (χ3n) is 3.75. The van der Waals surface area contributed by atoms with Crippen molar-refractivity contribution in [1.82, 2.24) is 9.88 Å². The zero-order valence-corrected chi connectivity index (χ0v) is 14.4. The molecule has 2 aromatic rings. The summed E-state index contributed by atoms with van der Waals surface area (Å²) in [6.07, 6.45) is 5.97. The Morgan fingerprint density at radius 3 is 2.70 bits per heavy atom. The number of thiocarbonyl (C=S) groups is 1. The molecule has 0 amide bonds. The van der Waals surface area contributed by atoms with E-state index in [0.29, 0.717) is 21.9 Å². The zero-order chi connectivity index (χ0) is 16.2. The fourth-order valence-corrected chi connectivity index (χ4v) is 2.97. The van der Waals surface area contributed by atoms with Gasteiger partial charge < -0.3 is 15.0 Å². The van der Waals surface area contributed by atoms with Gasteiger partial charge in [-0.2, -0.15) is 0 Å². The lowest BCUT2D eigenvalue weighted by molar-refractivity contribution is 0.409. The van der Waals surface area contributed by atoms with Crippen LogP contribution in [-0.4, -0.2) is 28.1 Å². The number of halogens is 1. The molecule has 23 heavy (non-hydrogen) atoms. The molecular formula is C17H18ClN3OS. The Kier molecular flexibility index (Phi) is 4.98. The van der Waals surface area contributed by atoms with Crippen molar-refractivity contribution >= 4 is 34.6 Å². The molecule has 0 unspecified atom stereocenters. The summed E-state index contributed by atoms with van der Waals surface area (Å²) in [6.45, 7) is 0.781. The van der Waals surface area contributed by atoms with E-state index in [-0.39, 0.29) is 0 Å². The van der Waals surface area contributed by atoms with Gasteiger partial charge in [0.25, 0.3) is 0 Å². The number of rotatable bonds is 5. The van der Waals surface area contributed by atoms with Crippen molar-refractivity contribution in [1.29, 1.82) is 0 Å². The molecule has 0 spiro atoms. The summed E-state index contributed by atoms with van der Waals surface area (Å²) in [5.74, 6) is 0.652. The van der Waals surface area contributed by atoms with Crippen LogP contribution >= 0.6 is 23.8 Å². The predicted molar refractivity (Wildman–Crippen MR) is 97.0 cm³/mol. The summed E-state index contributed by atoms with van der Waals surface area (Å²) in [5, 5.41) is 4.55. The average Bonchev–Trinajstić information content (AvgIpc) is 3.38. The third kappa shape index (κ3) is 4.12. The number of nitrogens with zero attached hydrogens (tertiary/aromatic N) is 2. The summed E-state index contributed by atoms with van der Waals surface area (Å²) >= 11 is 11.8. The molecule has 0 aliphatic heterocycles. The van der Waals surface area contributed by atoms with Gasteiger partial charge in [0.1, 0.15) is 5.75 Å². The van der Waals surface area contributed by atoms with Gasteiger partial charge in [-0.15, -0.1) is 0 Å². The molecule has 4 nitrogen and oxygen atoms in total. The summed E-state index contributed by atoms with van der Waals surface area (Å²) in [7, 11) is 1.60. The molecule has 0 radical (unpaired) electrons. The van der Waals surface area contributed by atoms with Crippen molar-refractivity contribution in [3.8, 4) is 5.75 Å². The van der Waals surface area contributed by atoms with Gasteiger partial charge in [-0.1, -0.05) is 11.6 Å². The van der Waals surface area contributed by atoms with Gasteiger partial charge in [0.15, 0.2) is 5.11 Å². The van der Waals surface area contributed by atoms with Crippen LogP contribution < -0.4 is 10.1 Å². The van der Waals surface area contributed by atoms with Crippen LogP contribution in [0, 0.1) is 0 Å². The highest BCUT2D eigenvalue weighted by Gasteiger charge is 2.30. The van der Waals surface area contributed by atoms with Crippen molar-refractivity contribution in [3.63, 3.8) is 0 Å². The molecule has 0 saturated heterocycles. The van der Waals surface area contributed by atoms with Gasteiger partial charge in [0.2, 0.25) is 0 Å². The highest BCUT2D eigenvalue weighted by molar-refractivity contribution is 7.80. The van der Waals surface area contributed by atoms with Crippen molar-refractivity contribution < 1.29 is 4.74 Å². The number of ether oxygens (including phenoxy) is 1. The van der Waals surface area contributed by atoms with Gasteiger partial charge in [0, 0.05) is 30.7 Å². The lowest BCUT2D eigenvalue weighted by Crippen LogP contribution is -2.36. The minimum Gasteiger partial charge on any atom is -0.495 e. The van der Waals surface area contributed by atoms with Crippen molar-refractivity contribution in [2.75, 3.05) is 12.4 Å². The van der Waals surface area contributed by atoms with Crippen LogP contribution in [0.15, 0.2) is 42.7 Å². The molecule has 1 N–H and O–H groups in total. The van der Waals surface area contributed by atoms with Crippen LogP contribution in [0.5, 0.6) is 5.75 Å². The first-order valence-corrected chi connectivity index (χ1v) is 8.26. The number of benzene rings is 1. The van der Waals surface area contributed by atoms with Gasteiger partial charge in [-0.3, -0.25) is 4.98 Å². The standard InChI is InChI=1S/C17H18ClN3OS/c1-22-16-5-2-13(10-15(16)18)20-17(23)21(14-3-4-14)11-12-6-8-19-9-7-12/h2,5-10,14H,3-4,11H2,1H3,(H,20,23). The van der Waals surface area contributed by atoms with E-state index in [1.54, 1.807) is 19.5 Å². The highest BCUT2D eigenvalue weighted by atomic mass is 35.5. The molecule has 120 valence electrons. The van der Waals surface area contributed by atoms with Crippen LogP contribution in [-0.2, 0) is 6.54 Å². The minimum absolute atomic E-state index is 0.511. The smallest absolute Gasteiger partial charge is 0.173 e. The number of hydrogen-bond donors (Lipinski definition) is 1. The summed E-state index contributed by atoms with van der Waals surface area (Å²) in [6, 6.07) is 10.1. The molecule has 1 aliphatic carbocycles. The molecular weight excluding hydrogens is 330 g/mol. The second-order valence-electron chi connectivity index (χ2n) is 5.49. The first-order valence-electron chi connectivity index (χ1n) is 7.47. The lowest BCUT2D eigenvalue weighted by atomic mass is 10.2. The molecule has 3 rings (SSSR count). The van der Waals surface area contributed by atoms with Crippen molar-refractivity contribution in [2.45, 2.75) is 25.4 Å². The van der Waals surface area contributed by atoms with Crippen molar-refractivity contribution in [2.24, 2.45) is 0 Å². The molecule has 1 saturated carbocycles. The molecule has 0 bridgehead atoms. The second kappa shape index (κ2) is 7.15. The van der Waals surface area contributed by atoms with Crippen LogP contribution in [0.25, 0.3) is 0 Å². The number of hydrogen-bond acceptors (Lipinski definition) is 3. The fourth-order valence-electron chi connectivity index (χ4n) is 2.38. The number of nitrogens with one attached hydrogen (secondary N) is 1. The lowest BCUT2D eigenvalue weighted by Gasteiger charge is -2.26. The molecule has 1 heterocycles. The Bertz CT molecular complexity index is 691. The maximum absolute atomic E-state index is 6.17. The molecule has 6 heteroatoms. The molecule has 1 aromatic heterocycles. The van der Waals surface area contributed by atoms with E-state index in [2.05, 4.69) is 15.2 Å². The summed E-state index contributed by atoms with van der Waals surface area (Å²) < 4.78 is 5.17. The molecule has 1 aromatic carbocycles. The van der Waals surface area contributed by atoms with Crippen LogP contribution in [0.3, 0.4) is 0 Å². The van der Waals surface area contributed by atoms with Crippen LogP contribution in [0.4, 0.5) is 5.69 Å². The Hall–Kier alpha value is -1.85. The number of aromatic nitrogens is 1. The Balaban J connectivity index is 1.70. The monoisotopic (exact) mass is 347 g/mol. The van der Waals surface area contributed by atoms with E-state index < -0.39 is 0 Å². The Morgan fingerprint density at radius 1 is 1.35 bits per heavy atom. The maximum atomic E-state index is 6.17. The SMILES string of the molecule is COc1ccc(NC(=S)N(Cc2ccncc2)C2CC2)cc1Cl. The number of anilines is 1. The number of methoxy groups -OCH3 is 1. The first-order chi connectivity index (χ1) is 11.2. The van der Waals surface area contributed by atoms with E-state index >= 15 is 0 Å². The summed E-state index contributed by atoms with van der Waals surface area (Å²) in [5.41, 5.74) is 2.06. The average molecular weight is 348 g/mol. The third-order valence-corrected chi connectivity index (χ3v) is 4.39. The summed E-state index contributed by atoms with van der Waals surface area (Å²) in [4.78, 5) is 6.28. The van der Waals surface area contributed by atoms with Gasteiger partial charge in [-0.05, 0) is 61.0 Å². The Labute approximate surface area is 146 Å². The van der Waals surface area contributed by atoms with E-state index in [0.717, 1.165) is 12.2 Å². The van der Waals surface area contributed by atoms with Gasteiger partial charge in [-0.25, -0.2) is 0 Å². The van der Waals surface area contributed by atoms with Crippen LogP contribution in [0.2, 0.25) is 5.02 Å². The zero-order valence-electron chi connectivity index (χ0n) is 12.8. The van der Waals surface area contributed by atoms with Crippen LogP contribution in [0.1, 0.15) is 18.4 Å². The van der Waals surface area contributed by atoms with Gasteiger partial charge in [0.05, 0.1) is 12.1 Å². The fraction of sp³-hybridized carbons (Fsp3) is 0.294. The van der Waals surface area contributed by atoms with E-state index in [1.807, 2.05) is 30.3 Å². The minimum atomic E-state index is 0.511. The van der Waals surface area contributed by atoms with Gasteiger partial charge >= 0.3 is 0 Å². The largest absolute Gasteiger partial charge is 0.495 e. The maximum Gasteiger partial charge on any atom is 0.173 e. The van der Waals surface area contributed by atoms with E-state index in [4.69, 9.17) is 28.6 Å². The van der Waals surface area contributed by atoms with E-state index in [1.165, 1.54) is 18.4 Å². The molecule has 1 aliphatic rings. The second-order valence-corrected chi connectivity index (χ2v) is 6.29. The Morgan fingerprint density at radius 2 is 2.09 bits per heavy atom.